The van der Waals surface area contributed by atoms with Gasteiger partial charge in [0.15, 0.2) is 0 Å². The quantitative estimate of drug-likeness (QED) is 0.375. The highest BCUT2D eigenvalue weighted by Gasteiger charge is 2.40. The average Bonchev–Trinajstić information content (AvgIpc) is 2.76. The number of fused-ring (bicyclic) bond motifs is 1. The number of carbonyl (C=O) groups is 1. The van der Waals surface area contributed by atoms with Crippen molar-refractivity contribution in [3.63, 3.8) is 0 Å². The number of ether oxygens (including phenoxy) is 1. The topological polar surface area (TPSA) is 29.5 Å². The Labute approximate surface area is 200 Å². The van der Waals surface area contributed by atoms with E-state index in [-0.39, 0.29) is 35.9 Å². The van der Waals surface area contributed by atoms with E-state index in [2.05, 4.69) is 0 Å². The molecule has 2 aromatic rings. The van der Waals surface area contributed by atoms with Gasteiger partial charge in [-0.05, 0) is 79.6 Å². The summed E-state index contributed by atoms with van der Waals surface area (Å²) in [5.41, 5.74) is -4.32. The molecule has 0 saturated carbocycles. The van der Waals surface area contributed by atoms with Gasteiger partial charge in [-0.15, -0.1) is 0 Å². The Bertz CT molecular complexity index is 1070. The molecule has 0 spiro atoms. The van der Waals surface area contributed by atoms with Gasteiger partial charge in [0.2, 0.25) is 0 Å². The van der Waals surface area contributed by atoms with Gasteiger partial charge in [-0.1, -0.05) is 6.92 Å². The van der Waals surface area contributed by atoms with Crippen LogP contribution in [0.1, 0.15) is 60.4 Å². The van der Waals surface area contributed by atoms with E-state index < -0.39 is 59.7 Å². The van der Waals surface area contributed by atoms with E-state index in [1.807, 2.05) is 0 Å². The molecule has 0 N–H and O–H groups in total. The molecule has 2 aromatic carbocycles. The maximum absolute atomic E-state index is 13.4. The minimum Gasteiger partial charge on any atom is -0.449 e. The van der Waals surface area contributed by atoms with Gasteiger partial charge >= 0.3 is 24.6 Å². The zero-order chi connectivity index (χ0) is 27.1. The van der Waals surface area contributed by atoms with E-state index in [1.54, 1.807) is 13.8 Å². The maximum Gasteiger partial charge on any atom is 0.416 e. The summed E-state index contributed by atoms with van der Waals surface area (Å²) in [5, 5.41) is 0. The molecule has 198 valence electrons. The first-order chi connectivity index (χ1) is 16.6. The van der Waals surface area contributed by atoms with Gasteiger partial charge in [-0.25, -0.2) is 4.79 Å². The van der Waals surface area contributed by atoms with E-state index in [1.165, 1.54) is 4.90 Å². The highest BCUT2D eigenvalue weighted by atomic mass is 19.4. The fourth-order valence-electron chi connectivity index (χ4n) is 4.44. The molecule has 36 heavy (non-hydrogen) atoms. The fraction of sp³-hybridized carbons (Fsp3) is 0.458. The lowest BCUT2D eigenvalue weighted by Crippen LogP contribution is -2.45. The number of nitrogens with zero attached hydrogens (tertiary/aromatic N) is 1. The molecule has 0 fully saturated rings. The average molecular weight is 527 g/mol. The Morgan fingerprint density at radius 2 is 1.42 bits per heavy atom. The van der Waals surface area contributed by atoms with Gasteiger partial charge in [-0.3, -0.25) is 4.90 Å². The summed E-state index contributed by atoms with van der Waals surface area (Å²) < 4.78 is 125. The van der Waals surface area contributed by atoms with Crippen molar-refractivity contribution in [2.24, 2.45) is 0 Å². The van der Waals surface area contributed by atoms with E-state index >= 15 is 0 Å². The summed E-state index contributed by atoms with van der Waals surface area (Å²) in [4.78, 5) is 13.8. The summed E-state index contributed by atoms with van der Waals surface area (Å²) in [6.45, 7) is 3.25. The van der Waals surface area contributed by atoms with Crippen LogP contribution in [0.5, 0.6) is 0 Å². The van der Waals surface area contributed by atoms with Crippen molar-refractivity contribution in [2.45, 2.75) is 63.6 Å². The Kier molecular flexibility index (Phi) is 7.57. The number of hydrogen-bond donors (Lipinski definition) is 0. The Morgan fingerprint density at radius 1 is 0.861 bits per heavy atom. The lowest BCUT2D eigenvalue weighted by atomic mass is 9.80. The van der Waals surface area contributed by atoms with E-state index in [4.69, 9.17) is 4.74 Å². The molecule has 0 radical (unpaired) electrons. The highest BCUT2D eigenvalue weighted by molar-refractivity contribution is 5.90. The maximum atomic E-state index is 13.4. The fourth-order valence-corrected chi connectivity index (χ4v) is 4.44. The molecule has 2 atom stereocenters. The van der Waals surface area contributed by atoms with Crippen molar-refractivity contribution >= 4 is 11.8 Å². The summed E-state index contributed by atoms with van der Waals surface area (Å²) >= 11 is 0. The molecule has 0 saturated heterocycles. The van der Waals surface area contributed by atoms with Crippen LogP contribution in [0.15, 0.2) is 36.4 Å². The molecule has 12 heteroatoms. The predicted octanol–water partition coefficient (Wildman–Crippen LogP) is 8.21. The van der Waals surface area contributed by atoms with Crippen molar-refractivity contribution in [3.8, 4) is 0 Å². The number of benzene rings is 2. The number of hydrogen-bond acceptors (Lipinski definition) is 2. The smallest absolute Gasteiger partial charge is 0.416 e. The number of amides is 1. The molecule has 1 aliphatic rings. The second kappa shape index (κ2) is 9.85. The number of rotatable bonds is 4. The van der Waals surface area contributed by atoms with E-state index in [9.17, 15) is 44.3 Å². The van der Waals surface area contributed by atoms with Gasteiger partial charge in [0.25, 0.3) is 0 Å². The number of halogens is 9. The van der Waals surface area contributed by atoms with Gasteiger partial charge < -0.3 is 4.74 Å². The van der Waals surface area contributed by atoms with Crippen molar-refractivity contribution < 1.29 is 49.0 Å². The molecular weight excluding hydrogens is 505 g/mol. The molecule has 3 nitrogen and oxygen atoms in total. The van der Waals surface area contributed by atoms with Crippen molar-refractivity contribution in [1.82, 2.24) is 0 Å². The Hall–Kier alpha value is -2.92. The molecular formula is C24H22F9NO2. The number of anilines is 1. The third kappa shape index (κ3) is 5.89. The summed E-state index contributed by atoms with van der Waals surface area (Å²) in [5.74, 6) is -0.887. The highest BCUT2D eigenvalue weighted by Crippen LogP contribution is 2.45. The zero-order valence-electron chi connectivity index (χ0n) is 19.1. The Morgan fingerprint density at radius 3 is 1.89 bits per heavy atom. The molecule has 0 unspecified atom stereocenters. The molecule has 1 aliphatic heterocycles. The third-order valence-corrected chi connectivity index (χ3v) is 6.04. The summed E-state index contributed by atoms with van der Waals surface area (Å²) in [6.07, 6.45) is -15.7. The van der Waals surface area contributed by atoms with Crippen LogP contribution in [-0.4, -0.2) is 18.7 Å². The van der Waals surface area contributed by atoms with Crippen LogP contribution >= 0.6 is 0 Å². The standard InChI is InChI=1S/C24H22F9NO2/c1-3-18-10-14(7-13-8-16(23(28,29)30)11-17(9-13)24(31,32)33)19-12-15(22(25,26)27)5-6-20(19)34(18)21(35)36-4-2/h5-6,8-9,11-12,14,18H,3-4,7,10H2,1-2H3/t14-,18-/m1/s1. The minimum absolute atomic E-state index is 0.00257. The van der Waals surface area contributed by atoms with Crippen LogP contribution in [0.3, 0.4) is 0 Å². The van der Waals surface area contributed by atoms with Crippen molar-refractivity contribution in [1.29, 1.82) is 0 Å². The number of carbonyl (C=O) groups excluding carboxylic acids is 1. The summed E-state index contributed by atoms with van der Waals surface area (Å²) in [6, 6.07) is 3.19. The lowest BCUT2D eigenvalue weighted by molar-refractivity contribution is -0.143. The first-order valence-electron chi connectivity index (χ1n) is 11.0. The van der Waals surface area contributed by atoms with Crippen LogP contribution in [0.4, 0.5) is 50.0 Å². The van der Waals surface area contributed by atoms with Gasteiger partial charge in [0.05, 0.1) is 29.0 Å². The van der Waals surface area contributed by atoms with E-state index in [0.29, 0.717) is 18.6 Å². The van der Waals surface area contributed by atoms with Gasteiger partial charge in [0, 0.05) is 6.04 Å². The largest absolute Gasteiger partial charge is 0.449 e. The number of alkyl halides is 9. The van der Waals surface area contributed by atoms with Crippen molar-refractivity contribution in [3.05, 3.63) is 64.2 Å². The zero-order valence-corrected chi connectivity index (χ0v) is 19.1. The van der Waals surface area contributed by atoms with E-state index in [0.717, 1.165) is 18.2 Å². The van der Waals surface area contributed by atoms with Gasteiger partial charge in [-0.2, -0.15) is 39.5 Å². The first kappa shape index (κ1) is 27.7. The van der Waals surface area contributed by atoms with Crippen molar-refractivity contribution in [2.75, 3.05) is 11.5 Å². The second-order valence-corrected chi connectivity index (χ2v) is 8.45. The molecule has 0 aliphatic carbocycles. The molecule has 0 aromatic heterocycles. The monoisotopic (exact) mass is 527 g/mol. The predicted molar refractivity (Wildman–Crippen MR) is 113 cm³/mol. The first-order valence-corrected chi connectivity index (χ1v) is 11.0. The SMILES string of the molecule is CCOC(=O)N1c2ccc(C(F)(F)F)cc2[C@H](Cc2cc(C(F)(F)F)cc(C(F)(F)F)c2)C[C@H]1CC. The minimum atomic E-state index is -5.06. The summed E-state index contributed by atoms with van der Waals surface area (Å²) in [7, 11) is 0. The van der Waals surface area contributed by atoms with Crippen LogP contribution in [0, 0.1) is 0 Å². The lowest BCUT2D eigenvalue weighted by Gasteiger charge is -2.40. The Balaban J connectivity index is 2.15. The third-order valence-electron chi connectivity index (χ3n) is 6.04. The van der Waals surface area contributed by atoms with Gasteiger partial charge in [0.1, 0.15) is 0 Å². The normalized spacial score (nSPS) is 18.7. The molecule has 1 amide bonds. The van der Waals surface area contributed by atoms with Crippen LogP contribution in [-0.2, 0) is 29.7 Å². The molecule has 3 rings (SSSR count). The van der Waals surface area contributed by atoms with Crippen LogP contribution in [0.25, 0.3) is 0 Å². The van der Waals surface area contributed by atoms with Crippen LogP contribution in [0.2, 0.25) is 0 Å². The van der Waals surface area contributed by atoms with Crippen LogP contribution < -0.4 is 4.90 Å². The molecule has 1 heterocycles. The molecule has 0 bridgehead atoms. The second-order valence-electron chi connectivity index (χ2n) is 8.45.